The summed E-state index contributed by atoms with van der Waals surface area (Å²) in [5.74, 6) is 0.426. The van der Waals surface area contributed by atoms with Crippen LogP contribution >= 0.6 is 11.8 Å². The van der Waals surface area contributed by atoms with E-state index in [0.717, 1.165) is 5.56 Å². The predicted molar refractivity (Wildman–Crippen MR) is 50.5 cm³/mol. The maximum absolute atomic E-state index is 10.8. The maximum Gasteiger partial charge on any atom is 0.276 e. The second-order valence-corrected chi connectivity index (χ2v) is 3.28. The van der Waals surface area contributed by atoms with Gasteiger partial charge < -0.3 is 9.62 Å². The Balaban J connectivity index is 2.34. The molecule has 0 spiro atoms. The van der Waals surface area contributed by atoms with Crippen molar-refractivity contribution in [1.29, 1.82) is 0 Å². The summed E-state index contributed by atoms with van der Waals surface area (Å²) in [5.41, 5.74) is 0.741. The minimum atomic E-state index is 0.426. The molecular weight excluding hydrogens is 202 g/mol. The fraction of sp³-hybridized carbons (Fsp3) is 0.125. The van der Waals surface area contributed by atoms with Gasteiger partial charge >= 0.3 is 0 Å². The number of thioether (sulfide) groups is 1. The SMILES string of the molecule is CSc1nnc(-c2cc[n+]([O-])cc2)o1. The molecule has 0 bridgehead atoms. The third-order valence-electron chi connectivity index (χ3n) is 1.63. The first-order valence-corrected chi connectivity index (χ1v) is 5.09. The van der Waals surface area contributed by atoms with Gasteiger partial charge in [0.25, 0.3) is 5.22 Å². The number of hydrogen-bond donors (Lipinski definition) is 0. The van der Waals surface area contributed by atoms with Crippen LogP contribution in [-0.2, 0) is 0 Å². The van der Waals surface area contributed by atoms with Crippen LogP contribution in [0.5, 0.6) is 0 Å². The van der Waals surface area contributed by atoms with Crippen LogP contribution < -0.4 is 4.73 Å². The Bertz CT molecular complexity index is 426. The number of hydrogen-bond acceptors (Lipinski definition) is 5. The lowest BCUT2D eigenvalue weighted by atomic mass is 10.3. The normalized spacial score (nSPS) is 10.4. The molecule has 0 aliphatic carbocycles. The number of aromatic nitrogens is 3. The molecule has 14 heavy (non-hydrogen) atoms. The van der Waals surface area contributed by atoms with Crippen LogP contribution in [0.3, 0.4) is 0 Å². The highest BCUT2D eigenvalue weighted by molar-refractivity contribution is 7.98. The average Bonchev–Trinajstić information content (AvgIpc) is 2.67. The summed E-state index contributed by atoms with van der Waals surface area (Å²) in [6.45, 7) is 0. The molecule has 72 valence electrons. The van der Waals surface area contributed by atoms with Crippen LogP contribution in [0, 0.1) is 5.21 Å². The van der Waals surface area contributed by atoms with Gasteiger partial charge in [-0.1, -0.05) is 11.8 Å². The third-order valence-corrected chi connectivity index (χ3v) is 2.14. The Morgan fingerprint density at radius 1 is 1.36 bits per heavy atom. The second-order valence-electron chi connectivity index (χ2n) is 2.52. The molecule has 0 unspecified atom stereocenters. The van der Waals surface area contributed by atoms with Gasteiger partial charge in [0.05, 0.1) is 5.56 Å². The van der Waals surface area contributed by atoms with Crippen LogP contribution in [0.2, 0.25) is 0 Å². The molecule has 0 radical (unpaired) electrons. The molecule has 0 fully saturated rings. The average molecular weight is 209 g/mol. The molecule has 0 aliphatic heterocycles. The Labute approximate surface area is 84.4 Å². The molecule has 2 aromatic rings. The molecule has 0 amide bonds. The van der Waals surface area contributed by atoms with Crippen molar-refractivity contribution in [3.63, 3.8) is 0 Å². The summed E-state index contributed by atoms with van der Waals surface area (Å²) in [6.07, 6.45) is 4.63. The van der Waals surface area contributed by atoms with Gasteiger partial charge in [0.15, 0.2) is 12.4 Å². The molecule has 0 atom stereocenters. The standard InChI is InChI=1S/C8H7N3O2S/c1-14-8-10-9-7(13-8)6-2-4-11(12)5-3-6/h2-5H,1H3. The van der Waals surface area contributed by atoms with Crippen LogP contribution in [-0.4, -0.2) is 16.5 Å². The molecule has 0 saturated heterocycles. The van der Waals surface area contributed by atoms with E-state index in [1.54, 1.807) is 12.1 Å². The van der Waals surface area contributed by atoms with Gasteiger partial charge in [-0.2, -0.15) is 4.73 Å². The molecule has 2 rings (SSSR count). The van der Waals surface area contributed by atoms with E-state index in [4.69, 9.17) is 4.42 Å². The first-order valence-electron chi connectivity index (χ1n) is 3.86. The zero-order valence-electron chi connectivity index (χ0n) is 7.38. The molecule has 6 heteroatoms. The summed E-state index contributed by atoms with van der Waals surface area (Å²) >= 11 is 1.38. The Hall–Kier alpha value is -1.56. The van der Waals surface area contributed by atoms with Gasteiger partial charge in [-0.05, 0) is 6.26 Å². The van der Waals surface area contributed by atoms with Crippen LogP contribution in [0.4, 0.5) is 0 Å². The lowest BCUT2D eigenvalue weighted by molar-refractivity contribution is -0.605. The van der Waals surface area contributed by atoms with Crippen molar-refractivity contribution < 1.29 is 9.15 Å². The van der Waals surface area contributed by atoms with E-state index in [2.05, 4.69) is 10.2 Å². The molecule has 5 nitrogen and oxygen atoms in total. The third kappa shape index (κ3) is 1.69. The van der Waals surface area contributed by atoms with Crippen molar-refractivity contribution in [2.24, 2.45) is 0 Å². The largest absolute Gasteiger partial charge is 0.619 e. The zero-order valence-corrected chi connectivity index (χ0v) is 8.19. The minimum absolute atomic E-state index is 0.426. The van der Waals surface area contributed by atoms with Crippen molar-refractivity contribution in [2.45, 2.75) is 5.22 Å². The first kappa shape index (κ1) is 9.01. The molecule has 0 aromatic carbocycles. The van der Waals surface area contributed by atoms with Gasteiger partial charge in [0.1, 0.15) is 0 Å². The van der Waals surface area contributed by atoms with Gasteiger partial charge in [-0.15, -0.1) is 10.2 Å². The highest BCUT2D eigenvalue weighted by Crippen LogP contribution is 2.20. The van der Waals surface area contributed by atoms with Crippen molar-refractivity contribution in [3.05, 3.63) is 29.7 Å². The van der Waals surface area contributed by atoms with Crippen LogP contribution in [0.1, 0.15) is 0 Å². The van der Waals surface area contributed by atoms with Crippen molar-refractivity contribution in [2.75, 3.05) is 6.26 Å². The molecule has 0 N–H and O–H groups in total. The van der Waals surface area contributed by atoms with E-state index in [0.29, 0.717) is 15.8 Å². The Kier molecular flexibility index (Phi) is 2.36. The molecular formula is C8H7N3O2S. The fourth-order valence-corrected chi connectivity index (χ4v) is 1.25. The van der Waals surface area contributed by atoms with E-state index in [1.807, 2.05) is 6.26 Å². The summed E-state index contributed by atoms with van der Waals surface area (Å²) in [6, 6.07) is 3.26. The minimum Gasteiger partial charge on any atom is -0.619 e. The van der Waals surface area contributed by atoms with Crippen molar-refractivity contribution >= 4 is 11.8 Å². The van der Waals surface area contributed by atoms with E-state index in [1.165, 1.54) is 24.2 Å². The lowest BCUT2D eigenvalue weighted by Gasteiger charge is -1.94. The number of nitrogens with zero attached hydrogens (tertiary/aromatic N) is 3. The fourth-order valence-electron chi connectivity index (χ4n) is 0.964. The van der Waals surface area contributed by atoms with E-state index >= 15 is 0 Å². The highest BCUT2D eigenvalue weighted by Gasteiger charge is 2.07. The predicted octanol–water partition coefficient (Wildman–Crippen LogP) is 1.09. The molecule has 0 aliphatic rings. The number of rotatable bonds is 2. The maximum atomic E-state index is 10.8. The van der Waals surface area contributed by atoms with E-state index in [-0.39, 0.29) is 0 Å². The quantitative estimate of drug-likeness (QED) is 0.421. The molecule has 2 heterocycles. The Morgan fingerprint density at radius 2 is 2.07 bits per heavy atom. The smallest absolute Gasteiger partial charge is 0.276 e. The van der Waals surface area contributed by atoms with Gasteiger partial charge in [-0.25, -0.2) is 0 Å². The highest BCUT2D eigenvalue weighted by atomic mass is 32.2. The van der Waals surface area contributed by atoms with Crippen molar-refractivity contribution in [1.82, 2.24) is 10.2 Å². The van der Waals surface area contributed by atoms with Gasteiger partial charge in [0.2, 0.25) is 5.89 Å². The Morgan fingerprint density at radius 3 is 2.64 bits per heavy atom. The molecule has 0 saturated carbocycles. The summed E-state index contributed by atoms with van der Waals surface area (Å²) in [7, 11) is 0. The van der Waals surface area contributed by atoms with E-state index < -0.39 is 0 Å². The summed E-state index contributed by atoms with van der Waals surface area (Å²) in [4.78, 5) is 0. The summed E-state index contributed by atoms with van der Waals surface area (Å²) in [5, 5.41) is 18.9. The zero-order chi connectivity index (χ0) is 9.97. The van der Waals surface area contributed by atoms with Crippen molar-refractivity contribution in [3.8, 4) is 11.5 Å². The molecule has 2 aromatic heterocycles. The topological polar surface area (TPSA) is 65.9 Å². The van der Waals surface area contributed by atoms with Gasteiger partial charge in [-0.3, -0.25) is 0 Å². The second kappa shape index (κ2) is 3.67. The summed E-state index contributed by atoms with van der Waals surface area (Å²) < 4.78 is 5.99. The van der Waals surface area contributed by atoms with E-state index in [9.17, 15) is 5.21 Å². The van der Waals surface area contributed by atoms with Gasteiger partial charge in [0, 0.05) is 12.1 Å². The number of pyridine rings is 1. The lowest BCUT2D eigenvalue weighted by Crippen LogP contribution is -2.23. The van der Waals surface area contributed by atoms with Crippen LogP contribution in [0.25, 0.3) is 11.5 Å². The monoisotopic (exact) mass is 209 g/mol. The first-order chi connectivity index (χ1) is 6.79. The van der Waals surface area contributed by atoms with Crippen LogP contribution in [0.15, 0.2) is 34.2 Å².